The molecule has 0 fully saturated rings. The zero-order valence-corrected chi connectivity index (χ0v) is 8.73. The van der Waals surface area contributed by atoms with Gasteiger partial charge in [0.15, 0.2) is 0 Å². The van der Waals surface area contributed by atoms with Crippen LogP contribution in [-0.2, 0) is 5.41 Å². The normalized spacial score (nSPS) is 11.3. The third-order valence-electron chi connectivity index (χ3n) is 2.41. The van der Waals surface area contributed by atoms with E-state index >= 15 is 0 Å². The zero-order chi connectivity index (χ0) is 10.9. The third-order valence-corrected chi connectivity index (χ3v) is 2.41. The Morgan fingerprint density at radius 1 is 1.33 bits per heavy atom. The van der Waals surface area contributed by atoms with Gasteiger partial charge in [-0.1, -0.05) is 0 Å². The summed E-state index contributed by atoms with van der Waals surface area (Å²) in [6.07, 6.45) is 3.50. The number of hydrogen-bond acceptors (Lipinski definition) is 3. The number of hydrogen-bond donors (Lipinski definition) is 0. The molecule has 3 nitrogen and oxygen atoms in total. The highest BCUT2D eigenvalue weighted by Gasteiger charge is 2.21. The van der Waals surface area contributed by atoms with Crippen molar-refractivity contribution in [3.8, 4) is 6.07 Å². The Kier molecular flexibility index (Phi) is 2.12. The van der Waals surface area contributed by atoms with Crippen LogP contribution in [-0.4, -0.2) is 9.97 Å². The van der Waals surface area contributed by atoms with E-state index in [1.165, 1.54) is 0 Å². The first-order chi connectivity index (χ1) is 7.13. The van der Waals surface area contributed by atoms with E-state index in [-0.39, 0.29) is 0 Å². The number of nitriles is 1. The molecule has 2 heterocycles. The van der Waals surface area contributed by atoms with Gasteiger partial charge < -0.3 is 0 Å². The van der Waals surface area contributed by atoms with Crippen molar-refractivity contribution >= 4 is 10.9 Å². The standard InChI is InChI=1S/C12H11N3/c1-12(2,8-13)11-6-10-9(7-15-11)4-3-5-14-10/h3-7H,1-2H3. The fourth-order valence-corrected chi connectivity index (χ4v) is 1.36. The Hall–Kier alpha value is -1.95. The van der Waals surface area contributed by atoms with Gasteiger partial charge in [0.25, 0.3) is 0 Å². The molecule has 0 aliphatic rings. The maximum Gasteiger partial charge on any atom is 0.0938 e. The highest BCUT2D eigenvalue weighted by atomic mass is 14.7. The van der Waals surface area contributed by atoms with Crippen molar-refractivity contribution in [2.24, 2.45) is 0 Å². The van der Waals surface area contributed by atoms with Crippen LogP contribution in [0.25, 0.3) is 10.9 Å². The SMILES string of the molecule is CC(C)(C#N)c1cc2ncccc2cn1. The van der Waals surface area contributed by atoms with E-state index < -0.39 is 5.41 Å². The molecule has 2 rings (SSSR count). The highest BCUT2D eigenvalue weighted by Crippen LogP contribution is 2.22. The van der Waals surface area contributed by atoms with E-state index in [2.05, 4.69) is 16.0 Å². The monoisotopic (exact) mass is 197 g/mol. The van der Waals surface area contributed by atoms with Crippen molar-refractivity contribution in [1.82, 2.24) is 9.97 Å². The molecule has 0 saturated heterocycles. The Morgan fingerprint density at radius 2 is 2.13 bits per heavy atom. The number of fused-ring (bicyclic) bond motifs is 1. The molecule has 0 aromatic carbocycles. The van der Waals surface area contributed by atoms with Gasteiger partial charge in [-0.15, -0.1) is 0 Å². The number of aromatic nitrogens is 2. The zero-order valence-electron chi connectivity index (χ0n) is 8.73. The Balaban J connectivity index is 2.63. The van der Waals surface area contributed by atoms with Gasteiger partial charge >= 0.3 is 0 Å². The van der Waals surface area contributed by atoms with Crippen LogP contribution < -0.4 is 0 Å². The van der Waals surface area contributed by atoms with Gasteiger partial charge in [0.2, 0.25) is 0 Å². The van der Waals surface area contributed by atoms with Gasteiger partial charge in [-0.2, -0.15) is 5.26 Å². The average Bonchev–Trinajstić information content (AvgIpc) is 2.28. The molecule has 0 aliphatic heterocycles. The van der Waals surface area contributed by atoms with Crippen LogP contribution >= 0.6 is 0 Å². The summed E-state index contributed by atoms with van der Waals surface area (Å²) < 4.78 is 0. The van der Waals surface area contributed by atoms with Crippen LogP contribution in [0.5, 0.6) is 0 Å². The molecule has 0 unspecified atom stereocenters. The second-order valence-corrected chi connectivity index (χ2v) is 4.00. The first kappa shape index (κ1) is 9.60. The van der Waals surface area contributed by atoms with Crippen LogP contribution in [0.2, 0.25) is 0 Å². The number of rotatable bonds is 1. The van der Waals surface area contributed by atoms with E-state index in [4.69, 9.17) is 5.26 Å². The fraction of sp³-hybridized carbons (Fsp3) is 0.250. The molecule has 2 aromatic heterocycles. The topological polar surface area (TPSA) is 49.6 Å². The van der Waals surface area contributed by atoms with Gasteiger partial charge in [-0.25, -0.2) is 0 Å². The summed E-state index contributed by atoms with van der Waals surface area (Å²) in [4.78, 5) is 8.53. The second-order valence-electron chi connectivity index (χ2n) is 4.00. The molecule has 0 radical (unpaired) electrons. The van der Waals surface area contributed by atoms with Crippen LogP contribution in [0.1, 0.15) is 19.5 Å². The minimum atomic E-state index is -0.564. The minimum Gasteiger partial charge on any atom is -0.259 e. The second kappa shape index (κ2) is 3.32. The predicted octanol–water partition coefficient (Wildman–Crippen LogP) is 2.43. The smallest absolute Gasteiger partial charge is 0.0938 e. The first-order valence-electron chi connectivity index (χ1n) is 4.76. The van der Waals surface area contributed by atoms with Gasteiger partial charge in [-0.05, 0) is 32.0 Å². The maximum absolute atomic E-state index is 9.01. The molecule has 0 spiro atoms. The predicted molar refractivity (Wildman–Crippen MR) is 58.2 cm³/mol. The summed E-state index contributed by atoms with van der Waals surface area (Å²) >= 11 is 0. The van der Waals surface area contributed by atoms with Crippen molar-refractivity contribution in [2.75, 3.05) is 0 Å². The lowest BCUT2D eigenvalue weighted by atomic mass is 9.90. The average molecular weight is 197 g/mol. The maximum atomic E-state index is 9.01. The molecule has 0 N–H and O–H groups in total. The third kappa shape index (κ3) is 1.66. The van der Waals surface area contributed by atoms with Crippen LogP contribution in [0, 0.1) is 11.3 Å². The summed E-state index contributed by atoms with van der Waals surface area (Å²) in [5.74, 6) is 0. The molecular formula is C12H11N3. The molecule has 15 heavy (non-hydrogen) atoms. The summed E-state index contributed by atoms with van der Waals surface area (Å²) in [7, 11) is 0. The van der Waals surface area contributed by atoms with Crippen molar-refractivity contribution in [3.63, 3.8) is 0 Å². The molecule has 0 aliphatic carbocycles. The molecule has 0 saturated carbocycles. The summed E-state index contributed by atoms with van der Waals surface area (Å²) in [5, 5.41) is 10.0. The lowest BCUT2D eigenvalue weighted by Gasteiger charge is -2.14. The molecular weight excluding hydrogens is 186 g/mol. The van der Waals surface area contributed by atoms with Crippen molar-refractivity contribution in [2.45, 2.75) is 19.3 Å². The first-order valence-corrected chi connectivity index (χ1v) is 4.76. The summed E-state index contributed by atoms with van der Waals surface area (Å²) in [6, 6.07) is 7.94. The summed E-state index contributed by atoms with van der Waals surface area (Å²) in [5.41, 5.74) is 1.08. The van der Waals surface area contributed by atoms with E-state index in [1.807, 2.05) is 32.0 Å². The molecule has 0 amide bonds. The molecule has 0 atom stereocenters. The lowest BCUT2D eigenvalue weighted by molar-refractivity contribution is 0.661. The largest absolute Gasteiger partial charge is 0.259 e. The van der Waals surface area contributed by atoms with Crippen molar-refractivity contribution < 1.29 is 0 Å². The van der Waals surface area contributed by atoms with Crippen molar-refractivity contribution in [3.05, 3.63) is 36.3 Å². The number of nitrogens with zero attached hydrogens (tertiary/aromatic N) is 3. The fourth-order valence-electron chi connectivity index (χ4n) is 1.36. The van der Waals surface area contributed by atoms with E-state index in [0.717, 1.165) is 16.6 Å². The summed E-state index contributed by atoms with van der Waals surface area (Å²) in [6.45, 7) is 3.70. The lowest BCUT2D eigenvalue weighted by Crippen LogP contribution is -2.15. The van der Waals surface area contributed by atoms with Crippen LogP contribution in [0.4, 0.5) is 0 Å². The van der Waals surface area contributed by atoms with Crippen LogP contribution in [0.15, 0.2) is 30.6 Å². The van der Waals surface area contributed by atoms with Crippen molar-refractivity contribution in [1.29, 1.82) is 5.26 Å². The highest BCUT2D eigenvalue weighted by molar-refractivity contribution is 5.77. The molecule has 0 bridgehead atoms. The van der Waals surface area contributed by atoms with Gasteiger partial charge in [0, 0.05) is 17.8 Å². The van der Waals surface area contributed by atoms with E-state index in [9.17, 15) is 0 Å². The number of pyridine rings is 2. The van der Waals surface area contributed by atoms with Crippen LogP contribution in [0.3, 0.4) is 0 Å². The molecule has 2 aromatic rings. The van der Waals surface area contributed by atoms with E-state index in [0.29, 0.717) is 0 Å². The van der Waals surface area contributed by atoms with Gasteiger partial charge in [-0.3, -0.25) is 9.97 Å². The Morgan fingerprint density at radius 3 is 2.87 bits per heavy atom. The Bertz CT molecular complexity index is 538. The molecule has 74 valence electrons. The minimum absolute atomic E-state index is 0.564. The Labute approximate surface area is 88.4 Å². The van der Waals surface area contributed by atoms with Gasteiger partial charge in [0.1, 0.15) is 0 Å². The van der Waals surface area contributed by atoms with E-state index in [1.54, 1.807) is 12.4 Å². The van der Waals surface area contributed by atoms with Gasteiger partial charge in [0.05, 0.1) is 22.7 Å². The molecule has 3 heteroatoms. The quantitative estimate of drug-likeness (QED) is 0.705.